The van der Waals surface area contributed by atoms with Crippen LogP contribution in [0.15, 0.2) is 142 Å². The normalized spacial score (nSPS) is 13.4. The third kappa shape index (κ3) is 3.50. The molecule has 0 radical (unpaired) electrons. The number of fused-ring (bicyclic) bond motifs is 6. The van der Waals surface area contributed by atoms with Crippen molar-refractivity contribution in [1.82, 2.24) is 4.98 Å². The SMILES string of the molecule is [2H]c1c([2H])c([2H])c(N(c2ccccc2)c2cccc3ccc4c5ccc(-c6nc7ccccc7o6)cc5oc4c23)c([2H])c1[2H]. The molecule has 0 saturated carbocycles. The van der Waals surface area contributed by atoms with Gasteiger partial charge in [0.1, 0.15) is 16.7 Å². The fourth-order valence-electron chi connectivity index (χ4n) is 5.22. The Bertz CT molecular complexity index is 2350. The third-order valence-corrected chi connectivity index (χ3v) is 6.97. The lowest BCUT2D eigenvalue weighted by atomic mass is 10.0. The predicted octanol–water partition coefficient (Wildman–Crippen LogP) is 10.0. The molecule has 2 aromatic heterocycles. The van der Waals surface area contributed by atoms with E-state index in [4.69, 9.17) is 15.7 Å². The Morgan fingerprint density at radius 1 is 0.641 bits per heavy atom. The number of oxazole rings is 1. The first-order valence-electron chi connectivity index (χ1n) is 15.1. The summed E-state index contributed by atoms with van der Waals surface area (Å²) in [6.07, 6.45) is 0. The topological polar surface area (TPSA) is 42.4 Å². The van der Waals surface area contributed by atoms with Crippen LogP contribution in [0.2, 0.25) is 0 Å². The van der Waals surface area contributed by atoms with Crippen molar-refractivity contribution in [3.8, 4) is 11.5 Å². The Labute approximate surface area is 231 Å². The number of anilines is 3. The van der Waals surface area contributed by atoms with Gasteiger partial charge in [-0.2, -0.15) is 0 Å². The lowest BCUT2D eigenvalue weighted by Crippen LogP contribution is -2.10. The number of benzene rings is 6. The van der Waals surface area contributed by atoms with Crippen molar-refractivity contribution in [1.29, 1.82) is 0 Å². The molecule has 0 bridgehead atoms. The molecular weight excluding hydrogens is 480 g/mol. The highest BCUT2D eigenvalue weighted by molar-refractivity contribution is 6.19. The minimum Gasteiger partial charge on any atom is -0.455 e. The minimum atomic E-state index is -0.441. The van der Waals surface area contributed by atoms with Gasteiger partial charge < -0.3 is 13.7 Å². The first-order valence-corrected chi connectivity index (χ1v) is 12.6. The van der Waals surface area contributed by atoms with E-state index in [0.717, 1.165) is 32.6 Å². The van der Waals surface area contributed by atoms with Crippen molar-refractivity contribution >= 4 is 60.9 Å². The van der Waals surface area contributed by atoms with Crippen LogP contribution in [0.1, 0.15) is 6.85 Å². The van der Waals surface area contributed by atoms with Crippen molar-refractivity contribution in [2.75, 3.05) is 4.90 Å². The number of hydrogen-bond acceptors (Lipinski definition) is 4. The Kier molecular flexibility index (Phi) is 3.80. The van der Waals surface area contributed by atoms with Crippen LogP contribution in [0.25, 0.3) is 55.3 Å². The number of furan rings is 1. The molecule has 0 unspecified atom stereocenters. The first-order chi connectivity index (χ1) is 21.4. The molecular formula is C35H22N2O2. The molecule has 0 aliphatic heterocycles. The number of nitrogens with zero attached hydrogens (tertiary/aromatic N) is 2. The molecule has 39 heavy (non-hydrogen) atoms. The second-order valence-corrected chi connectivity index (χ2v) is 9.26. The van der Waals surface area contributed by atoms with Gasteiger partial charge >= 0.3 is 0 Å². The smallest absolute Gasteiger partial charge is 0.227 e. The van der Waals surface area contributed by atoms with Gasteiger partial charge in [-0.3, -0.25) is 0 Å². The Morgan fingerprint density at radius 2 is 1.46 bits per heavy atom. The Morgan fingerprint density at radius 3 is 2.33 bits per heavy atom. The zero-order chi connectivity index (χ0) is 30.1. The maximum atomic E-state index is 8.82. The van der Waals surface area contributed by atoms with Crippen molar-refractivity contribution in [2.24, 2.45) is 0 Å². The summed E-state index contributed by atoms with van der Waals surface area (Å²) in [6, 6.07) is 30.7. The van der Waals surface area contributed by atoms with Crippen molar-refractivity contribution in [3.63, 3.8) is 0 Å². The summed E-state index contributed by atoms with van der Waals surface area (Å²) in [5.41, 5.74) is 4.85. The van der Waals surface area contributed by atoms with Gasteiger partial charge in [0.15, 0.2) is 5.58 Å². The molecule has 0 saturated heterocycles. The highest BCUT2D eigenvalue weighted by Gasteiger charge is 2.20. The van der Waals surface area contributed by atoms with Crippen LogP contribution in [-0.4, -0.2) is 4.98 Å². The molecule has 0 aliphatic rings. The van der Waals surface area contributed by atoms with E-state index in [0.29, 0.717) is 34.0 Å². The van der Waals surface area contributed by atoms with Gasteiger partial charge in [-0.25, -0.2) is 4.98 Å². The lowest BCUT2D eigenvalue weighted by Gasteiger charge is -2.26. The maximum absolute atomic E-state index is 8.82. The summed E-state index contributed by atoms with van der Waals surface area (Å²) in [4.78, 5) is 6.36. The van der Waals surface area contributed by atoms with Crippen LogP contribution in [-0.2, 0) is 0 Å². The van der Waals surface area contributed by atoms with Crippen LogP contribution in [0, 0.1) is 0 Å². The number of aromatic nitrogens is 1. The van der Waals surface area contributed by atoms with E-state index in [1.165, 1.54) is 0 Å². The van der Waals surface area contributed by atoms with E-state index in [9.17, 15) is 0 Å². The van der Waals surface area contributed by atoms with Crippen LogP contribution in [0.5, 0.6) is 0 Å². The van der Waals surface area contributed by atoms with Gasteiger partial charge in [0.05, 0.1) is 12.5 Å². The van der Waals surface area contributed by atoms with E-state index in [2.05, 4.69) is 4.98 Å². The van der Waals surface area contributed by atoms with Crippen LogP contribution < -0.4 is 4.90 Å². The molecule has 6 aromatic carbocycles. The van der Waals surface area contributed by atoms with Gasteiger partial charge in [0.2, 0.25) is 5.89 Å². The van der Waals surface area contributed by atoms with Gasteiger partial charge in [-0.1, -0.05) is 66.7 Å². The summed E-state index contributed by atoms with van der Waals surface area (Å²) in [7, 11) is 0. The van der Waals surface area contributed by atoms with Crippen LogP contribution >= 0.6 is 0 Å². The standard InChI is InChI=1S/C35H22N2O2/c1-3-11-25(12-4-1)37(26-13-5-2-6-14-26)30-16-9-10-23-18-21-28-27-20-19-24(22-32(27)38-34(28)33(23)30)35-36-29-15-7-8-17-31(29)39-35/h1-22H/i1D,3D,4D,11D,12D. The fourth-order valence-corrected chi connectivity index (χ4v) is 5.22. The molecule has 2 heterocycles. The first kappa shape index (κ1) is 17.2. The van der Waals surface area contributed by atoms with E-state index in [1.807, 2.05) is 103 Å². The minimum absolute atomic E-state index is 0.0565. The van der Waals surface area contributed by atoms with Crippen molar-refractivity contribution < 1.29 is 15.7 Å². The largest absolute Gasteiger partial charge is 0.455 e. The van der Waals surface area contributed by atoms with Crippen molar-refractivity contribution in [3.05, 3.63) is 133 Å². The molecule has 0 N–H and O–H groups in total. The molecule has 0 amide bonds. The fraction of sp³-hybridized carbons (Fsp3) is 0. The van der Waals surface area contributed by atoms with E-state index in [-0.39, 0.29) is 17.8 Å². The second-order valence-electron chi connectivity index (χ2n) is 9.26. The lowest BCUT2D eigenvalue weighted by molar-refractivity contribution is 0.619. The molecule has 4 heteroatoms. The molecule has 4 nitrogen and oxygen atoms in total. The molecule has 0 aliphatic carbocycles. The molecule has 0 fully saturated rings. The summed E-state index contributed by atoms with van der Waals surface area (Å²) in [5, 5.41) is 3.42. The van der Waals surface area contributed by atoms with Crippen LogP contribution in [0.4, 0.5) is 17.1 Å². The summed E-state index contributed by atoms with van der Waals surface area (Å²) < 4.78 is 55.2. The Hall–Kier alpha value is -5.35. The average molecular weight is 508 g/mol. The van der Waals surface area contributed by atoms with Crippen molar-refractivity contribution in [2.45, 2.75) is 0 Å². The van der Waals surface area contributed by atoms with Gasteiger partial charge in [-0.05, 0) is 72.1 Å². The number of rotatable bonds is 4. The third-order valence-electron chi connectivity index (χ3n) is 6.97. The van der Waals surface area contributed by atoms with Gasteiger partial charge in [0, 0.05) is 33.1 Å². The monoisotopic (exact) mass is 507 g/mol. The highest BCUT2D eigenvalue weighted by atomic mass is 16.3. The molecule has 8 rings (SSSR count). The van der Waals surface area contributed by atoms with E-state index >= 15 is 0 Å². The number of para-hydroxylation sites is 4. The van der Waals surface area contributed by atoms with Gasteiger partial charge in [0.25, 0.3) is 0 Å². The highest BCUT2D eigenvalue weighted by Crippen LogP contribution is 2.44. The molecule has 0 atom stereocenters. The number of hydrogen-bond donors (Lipinski definition) is 0. The second kappa shape index (κ2) is 8.61. The quantitative estimate of drug-likeness (QED) is 0.238. The van der Waals surface area contributed by atoms with Crippen LogP contribution in [0.3, 0.4) is 0 Å². The summed E-state index contributed by atoms with van der Waals surface area (Å²) in [6.45, 7) is 0. The molecule has 0 spiro atoms. The zero-order valence-electron chi connectivity index (χ0n) is 25.5. The average Bonchev–Trinajstić information content (AvgIpc) is 3.66. The molecule has 184 valence electrons. The summed E-state index contributed by atoms with van der Waals surface area (Å²) >= 11 is 0. The van der Waals surface area contributed by atoms with E-state index < -0.39 is 18.1 Å². The summed E-state index contributed by atoms with van der Waals surface area (Å²) in [5.74, 6) is 0.496. The van der Waals surface area contributed by atoms with Gasteiger partial charge in [-0.15, -0.1) is 0 Å². The maximum Gasteiger partial charge on any atom is 0.227 e. The van der Waals surface area contributed by atoms with E-state index in [1.54, 1.807) is 4.90 Å². The Balaban J connectivity index is 1.41. The molecule has 8 aromatic rings. The predicted molar refractivity (Wildman–Crippen MR) is 159 cm³/mol. The zero-order valence-corrected chi connectivity index (χ0v) is 20.5.